The highest BCUT2D eigenvalue weighted by Gasteiger charge is 2.07. The fourth-order valence-corrected chi connectivity index (χ4v) is 2.59. The largest absolute Gasteiger partial charge is 0.326 e. The zero-order valence-corrected chi connectivity index (χ0v) is 13.3. The molecule has 0 fully saturated rings. The predicted octanol–water partition coefficient (Wildman–Crippen LogP) is 3.79. The van der Waals surface area contributed by atoms with Gasteiger partial charge in [0, 0.05) is 36.2 Å². The van der Waals surface area contributed by atoms with Gasteiger partial charge in [-0.05, 0) is 35.9 Å². The van der Waals surface area contributed by atoms with Crippen LogP contribution in [0.15, 0.2) is 60.7 Å². The highest BCUT2D eigenvalue weighted by Crippen LogP contribution is 2.14. The molecule has 0 aliphatic carbocycles. The summed E-state index contributed by atoms with van der Waals surface area (Å²) < 4.78 is 2.18. The molecule has 0 bridgehead atoms. The van der Waals surface area contributed by atoms with E-state index in [9.17, 15) is 4.79 Å². The molecular weight excluding hydrogens is 284 g/mol. The number of para-hydroxylation sites is 1. The van der Waals surface area contributed by atoms with E-state index in [0.717, 1.165) is 16.9 Å². The molecule has 0 unspecified atom stereocenters. The van der Waals surface area contributed by atoms with E-state index < -0.39 is 0 Å². The standard InChI is InChI=1S/C20H18N2O/c1-15(23)21-18-11-7-16(8-12-18)9-13-19-14-10-17-5-3-4-6-20(17)22(19)2/h3-14H,1-2H3/p+1. The number of pyridine rings is 1. The van der Waals surface area contributed by atoms with Crippen molar-refractivity contribution in [3.05, 3.63) is 71.9 Å². The summed E-state index contributed by atoms with van der Waals surface area (Å²) >= 11 is 0. The third-order valence-electron chi connectivity index (χ3n) is 3.80. The zero-order chi connectivity index (χ0) is 16.2. The second kappa shape index (κ2) is 6.44. The van der Waals surface area contributed by atoms with Crippen LogP contribution in [0.25, 0.3) is 23.1 Å². The minimum absolute atomic E-state index is 0.0588. The van der Waals surface area contributed by atoms with Crippen molar-refractivity contribution >= 4 is 34.6 Å². The van der Waals surface area contributed by atoms with Gasteiger partial charge in [0.05, 0.1) is 0 Å². The molecule has 0 aliphatic rings. The number of aryl methyl sites for hydroxylation is 1. The topological polar surface area (TPSA) is 33.0 Å². The molecule has 0 spiro atoms. The number of aromatic nitrogens is 1. The van der Waals surface area contributed by atoms with Gasteiger partial charge in [0.15, 0.2) is 0 Å². The van der Waals surface area contributed by atoms with Crippen LogP contribution in [0, 0.1) is 0 Å². The Labute approximate surface area is 135 Å². The van der Waals surface area contributed by atoms with Crippen molar-refractivity contribution in [2.45, 2.75) is 6.92 Å². The lowest BCUT2D eigenvalue weighted by Gasteiger charge is -2.02. The first-order valence-corrected chi connectivity index (χ1v) is 7.57. The summed E-state index contributed by atoms with van der Waals surface area (Å²) in [5, 5.41) is 4.00. The Balaban J connectivity index is 1.85. The quantitative estimate of drug-likeness (QED) is 0.734. The maximum absolute atomic E-state index is 11.0. The number of rotatable bonds is 3. The third kappa shape index (κ3) is 3.46. The summed E-state index contributed by atoms with van der Waals surface area (Å²) in [4.78, 5) is 11.0. The second-order valence-corrected chi connectivity index (χ2v) is 5.51. The number of benzene rings is 2. The molecule has 1 amide bonds. The Morgan fingerprint density at radius 1 is 0.957 bits per heavy atom. The van der Waals surface area contributed by atoms with E-state index >= 15 is 0 Å². The highest BCUT2D eigenvalue weighted by molar-refractivity contribution is 5.88. The Bertz CT molecular complexity index is 880. The van der Waals surface area contributed by atoms with Crippen molar-refractivity contribution in [2.75, 3.05) is 5.32 Å². The lowest BCUT2D eigenvalue weighted by Crippen LogP contribution is -2.32. The van der Waals surface area contributed by atoms with Gasteiger partial charge in [-0.2, -0.15) is 4.57 Å². The summed E-state index contributed by atoms with van der Waals surface area (Å²) in [6.07, 6.45) is 4.17. The molecule has 0 aliphatic heterocycles. The van der Waals surface area contributed by atoms with Crippen LogP contribution in [0.4, 0.5) is 5.69 Å². The minimum atomic E-state index is -0.0588. The van der Waals surface area contributed by atoms with Crippen molar-refractivity contribution in [3.8, 4) is 0 Å². The Morgan fingerprint density at radius 3 is 2.43 bits per heavy atom. The SMILES string of the molecule is CC(=O)Nc1ccc(/C=C\c2ccc3ccccc3[n+]2C)cc1. The van der Waals surface area contributed by atoms with Gasteiger partial charge in [0.25, 0.3) is 0 Å². The maximum Gasteiger partial charge on any atom is 0.221 e. The highest BCUT2D eigenvalue weighted by atomic mass is 16.1. The molecule has 1 heterocycles. The van der Waals surface area contributed by atoms with E-state index in [4.69, 9.17) is 0 Å². The van der Waals surface area contributed by atoms with Crippen LogP contribution in [0.3, 0.4) is 0 Å². The summed E-state index contributed by atoms with van der Waals surface area (Å²) in [5.41, 5.74) is 4.24. The van der Waals surface area contributed by atoms with E-state index in [2.05, 4.69) is 65.5 Å². The number of amides is 1. The summed E-state index contributed by atoms with van der Waals surface area (Å²) in [5.74, 6) is -0.0588. The number of hydrogen-bond donors (Lipinski definition) is 1. The van der Waals surface area contributed by atoms with Crippen LogP contribution in [0.2, 0.25) is 0 Å². The smallest absolute Gasteiger partial charge is 0.221 e. The van der Waals surface area contributed by atoms with Gasteiger partial charge in [0.1, 0.15) is 7.05 Å². The summed E-state index contributed by atoms with van der Waals surface area (Å²) in [6.45, 7) is 1.51. The van der Waals surface area contributed by atoms with Crippen LogP contribution in [-0.2, 0) is 11.8 Å². The van der Waals surface area contributed by atoms with Crippen molar-refractivity contribution in [3.63, 3.8) is 0 Å². The summed E-state index contributed by atoms with van der Waals surface area (Å²) in [7, 11) is 2.07. The molecule has 0 radical (unpaired) electrons. The molecule has 0 atom stereocenters. The number of hydrogen-bond acceptors (Lipinski definition) is 1. The van der Waals surface area contributed by atoms with Gasteiger partial charge in [-0.3, -0.25) is 4.79 Å². The molecule has 3 rings (SSSR count). The van der Waals surface area contributed by atoms with Crippen molar-refractivity contribution in [2.24, 2.45) is 7.05 Å². The Morgan fingerprint density at radius 2 is 1.70 bits per heavy atom. The van der Waals surface area contributed by atoms with E-state index in [0.29, 0.717) is 0 Å². The molecule has 0 saturated carbocycles. The molecule has 0 saturated heterocycles. The van der Waals surface area contributed by atoms with Gasteiger partial charge in [-0.1, -0.05) is 24.3 Å². The number of carbonyl (C=O) groups is 1. The predicted molar refractivity (Wildman–Crippen MR) is 94.8 cm³/mol. The monoisotopic (exact) mass is 303 g/mol. The molecule has 1 N–H and O–H groups in total. The lowest BCUT2D eigenvalue weighted by atomic mass is 10.1. The minimum Gasteiger partial charge on any atom is -0.326 e. The van der Waals surface area contributed by atoms with Crippen LogP contribution >= 0.6 is 0 Å². The fraction of sp³-hybridized carbons (Fsp3) is 0.100. The molecule has 3 nitrogen and oxygen atoms in total. The van der Waals surface area contributed by atoms with Gasteiger partial charge in [-0.15, -0.1) is 0 Å². The van der Waals surface area contributed by atoms with Gasteiger partial charge < -0.3 is 5.32 Å². The molecule has 1 aromatic heterocycles. The fourth-order valence-electron chi connectivity index (χ4n) is 2.59. The van der Waals surface area contributed by atoms with Crippen LogP contribution in [0.5, 0.6) is 0 Å². The Kier molecular flexibility index (Phi) is 4.20. The molecule has 3 heteroatoms. The van der Waals surface area contributed by atoms with Gasteiger partial charge in [-0.25, -0.2) is 0 Å². The zero-order valence-electron chi connectivity index (χ0n) is 13.3. The lowest BCUT2D eigenvalue weighted by molar-refractivity contribution is -0.646. The van der Waals surface area contributed by atoms with Crippen LogP contribution in [0.1, 0.15) is 18.2 Å². The number of nitrogens with zero attached hydrogens (tertiary/aromatic N) is 1. The van der Waals surface area contributed by atoms with E-state index in [-0.39, 0.29) is 5.91 Å². The first-order chi connectivity index (χ1) is 11.1. The summed E-state index contributed by atoms with van der Waals surface area (Å²) in [6, 6.07) is 20.4. The number of anilines is 1. The number of carbonyl (C=O) groups excluding carboxylic acids is 1. The average Bonchev–Trinajstić information content (AvgIpc) is 2.55. The average molecular weight is 303 g/mol. The van der Waals surface area contributed by atoms with Crippen molar-refractivity contribution in [1.29, 1.82) is 0 Å². The van der Waals surface area contributed by atoms with E-state index in [1.807, 2.05) is 24.3 Å². The van der Waals surface area contributed by atoms with Gasteiger partial charge >= 0.3 is 0 Å². The van der Waals surface area contributed by atoms with Crippen LogP contribution < -0.4 is 9.88 Å². The van der Waals surface area contributed by atoms with E-state index in [1.165, 1.54) is 17.8 Å². The van der Waals surface area contributed by atoms with Crippen molar-refractivity contribution in [1.82, 2.24) is 0 Å². The maximum atomic E-state index is 11.0. The Hall–Kier alpha value is -2.94. The normalized spacial score (nSPS) is 11.0. The first kappa shape index (κ1) is 15.0. The molecule has 3 aromatic rings. The molecular formula is C20H19N2O+. The second-order valence-electron chi connectivity index (χ2n) is 5.51. The molecule has 23 heavy (non-hydrogen) atoms. The van der Waals surface area contributed by atoms with Crippen LogP contribution in [-0.4, -0.2) is 5.91 Å². The number of nitrogens with one attached hydrogen (secondary N) is 1. The molecule has 2 aromatic carbocycles. The first-order valence-electron chi connectivity index (χ1n) is 7.57. The van der Waals surface area contributed by atoms with E-state index in [1.54, 1.807) is 0 Å². The third-order valence-corrected chi connectivity index (χ3v) is 3.80. The van der Waals surface area contributed by atoms with Crippen molar-refractivity contribution < 1.29 is 9.36 Å². The van der Waals surface area contributed by atoms with Gasteiger partial charge in [0.2, 0.25) is 17.1 Å². The number of fused-ring (bicyclic) bond motifs is 1. The molecule has 114 valence electrons.